The van der Waals surface area contributed by atoms with Crippen molar-refractivity contribution < 1.29 is 29.0 Å². The van der Waals surface area contributed by atoms with Gasteiger partial charge in [0.1, 0.15) is 23.3 Å². The molecule has 11 nitrogen and oxygen atoms in total. The summed E-state index contributed by atoms with van der Waals surface area (Å²) in [6.45, 7) is -0.00386. The number of esters is 1. The number of anilines is 1. The maximum atomic E-state index is 14.7. The van der Waals surface area contributed by atoms with Gasteiger partial charge in [0.05, 0.1) is 24.5 Å². The monoisotopic (exact) mass is 641 g/mol. The topological polar surface area (TPSA) is 177 Å². The highest BCUT2D eigenvalue weighted by atomic mass is 16.6. The van der Waals surface area contributed by atoms with Crippen LogP contribution in [0.3, 0.4) is 0 Å². The molecule has 240 valence electrons. The number of hydrogen-bond donors (Lipinski definition) is 5. The highest BCUT2D eigenvalue weighted by Crippen LogP contribution is 2.64. The third-order valence-electron chi connectivity index (χ3n) is 9.41. The normalized spacial score (nSPS) is 25.6. The Hall–Kier alpha value is -6.12. The number of carbonyl (C=O) groups excluding carboxylic acids is 4. The molecule has 0 aliphatic carbocycles. The van der Waals surface area contributed by atoms with Gasteiger partial charge in [-0.2, -0.15) is 0 Å². The van der Waals surface area contributed by atoms with Crippen LogP contribution in [-0.2, 0) is 24.5 Å². The Labute approximate surface area is 275 Å². The Morgan fingerprint density at radius 3 is 2.19 bits per heavy atom. The van der Waals surface area contributed by atoms with E-state index in [-0.39, 0.29) is 12.3 Å². The van der Waals surface area contributed by atoms with E-state index in [1.165, 1.54) is 12.1 Å². The molecule has 1 spiro atoms. The van der Waals surface area contributed by atoms with Gasteiger partial charge in [0.2, 0.25) is 11.8 Å². The van der Waals surface area contributed by atoms with E-state index in [0.29, 0.717) is 22.4 Å². The lowest BCUT2D eigenvalue weighted by Crippen LogP contribution is -2.53. The number of cyclic esters (lactones) is 1. The van der Waals surface area contributed by atoms with Gasteiger partial charge in [-0.15, -0.1) is 0 Å². The number of primary amides is 2. The number of hydrogen-bond acceptors (Lipinski definition) is 7. The van der Waals surface area contributed by atoms with Gasteiger partial charge < -0.3 is 31.9 Å². The van der Waals surface area contributed by atoms with Crippen molar-refractivity contribution in [2.75, 3.05) is 11.9 Å². The number of phenols is 1. The standard InChI is InChI=1S/C37H31N5O6/c38-33(44)28-30-34(45)48-31(23-11-5-2-6-12-23)29(22-9-3-1-4-10-22)42(30)32(24-14-16-25(43)17-15-24)37(28)26-20-21(8-7-19-40-36(39)47)13-18-27(26)41-35(37)46/h1-6,9-18,20,28-32,43H,19H2,(H2,38,44)(H,41,46)(H3,39,40,47)/t28-,29-,30-,31+,32+,37-/m1/s1. The first-order valence-corrected chi connectivity index (χ1v) is 15.4. The Kier molecular flexibility index (Phi) is 7.58. The minimum absolute atomic E-state index is 0.00386. The number of nitrogens with one attached hydrogen (secondary N) is 2. The number of fused-ring (bicyclic) bond motifs is 3. The molecule has 0 saturated carbocycles. The summed E-state index contributed by atoms with van der Waals surface area (Å²) in [6, 6.07) is 26.7. The molecule has 0 aromatic heterocycles. The van der Waals surface area contributed by atoms with Gasteiger partial charge in [-0.25, -0.2) is 4.79 Å². The van der Waals surface area contributed by atoms with Gasteiger partial charge in [-0.3, -0.25) is 19.3 Å². The minimum Gasteiger partial charge on any atom is -0.508 e. The molecule has 7 N–H and O–H groups in total. The molecule has 11 heteroatoms. The van der Waals surface area contributed by atoms with Crippen molar-refractivity contribution in [3.8, 4) is 17.6 Å². The van der Waals surface area contributed by atoms with Gasteiger partial charge in [0, 0.05) is 11.3 Å². The number of urea groups is 1. The van der Waals surface area contributed by atoms with E-state index in [4.69, 9.17) is 16.2 Å². The van der Waals surface area contributed by atoms with Gasteiger partial charge >= 0.3 is 12.0 Å². The molecule has 7 rings (SSSR count). The molecular weight excluding hydrogens is 610 g/mol. The summed E-state index contributed by atoms with van der Waals surface area (Å²) >= 11 is 0. The van der Waals surface area contributed by atoms with Gasteiger partial charge in [-0.1, -0.05) is 84.6 Å². The molecule has 4 aromatic rings. The Bertz CT molecular complexity index is 1990. The van der Waals surface area contributed by atoms with Crippen LogP contribution in [0.1, 0.15) is 46.0 Å². The van der Waals surface area contributed by atoms with Crippen LogP contribution in [-0.4, -0.2) is 46.4 Å². The number of nitrogens with two attached hydrogens (primary N) is 2. The Balaban J connectivity index is 1.51. The number of rotatable bonds is 5. The van der Waals surface area contributed by atoms with Crippen molar-refractivity contribution in [3.05, 3.63) is 131 Å². The molecule has 3 aliphatic heterocycles. The molecule has 4 amide bonds. The maximum Gasteiger partial charge on any atom is 0.324 e. The van der Waals surface area contributed by atoms with Crippen molar-refractivity contribution in [1.82, 2.24) is 10.2 Å². The maximum absolute atomic E-state index is 14.7. The van der Waals surface area contributed by atoms with Gasteiger partial charge in [0.15, 0.2) is 0 Å². The van der Waals surface area contributed by atoms with Gasteiger partial charge in [-0.05, 0) is 52.6 Å². The summed E-state index contributed by atoms with van der Waals surface area (Å²) in [7, 11) is 0. The highest BCUT2D eigenvalue weighted by molar-refractivity contribution is 6.12. The van der Waals surface area contributed by atoms with Crippen LogP contribution in [0.15, 0.2) is 103 Å². The predicted octanol–water partition coefficient (Wildman–Crippen LogP) is 3.17. The first kappa shape index (κ1) is 30.5. The number of aromatic hydroxyl groups is 1. The first-order chi connectivity index (χ1) is 23.2. The number of phenolic OH excluding ortho intramolecular Hbond substituents is 1. The molecule has 0 bridgehead atoms. The molecule has 0 unspecified atom stereocenters. The number of benzene rings is 4. The molecule has 2 fully saturated rings. The number of amides is 4. The zero-order chi connectivity index (χ0) is 33.6. The van der Waals surface area contributed by atoms with Crippen molar-refractivity contribution in [2.24, 2.45) is 17.4 Å². The molecule has 0 radical (unpaired) electrons. The molecule has 2 saturated heterocycles. The Morgan fingerprint density at radius 2 is 1.54 bits per heavy atom. The molecule has 4 aromatic carbocycles. The quantitative estimate of drug-likeness (QED) is 0.164. The van der Waals surface area contributed by atoms with Crippen LogP contribution in [0.2, 0.25) is 0 Å². The fourth-order valence-corrected chi connectivity index (χ4v) is 7.63. The van der Waals surface area contributed by atoms with E-state index in [0.717, 1.165) is 11.1 Å². The average molecular weight is 642 g/mol. The van der Waals surface area contributed by atoms with Crippen LogP contribution >= 0.6 is 0 Å². The second-order valence-corrected chi connectivity index (χ2v) is 12.0. The third-order valence-corrected chi connectivity index (χ3v) is 9.41. The fraction of sp³-hybridized carbons (Fsp3) is 0.189. The molecule has 3 heterocycles. The fourth-order valence-electron chi connectivity index (χ4n) is 7.63. The van der Waals surface area contributed by atoms with E-state index in [2.05, 4.69) is 22.5 Å². The summed E-state index contributed by atoms with van der Waals surface area (Å²) in [4.78, 5) is 55.8. The average Bonchev–Trinajstić information content (AvgIpc) is 3.56. The summed E-state index contributed by atoms with van der Waals surface area (Å²) in [6.07, 6.45) is -0.806. The van der Waals surface area contributed by atoms with Gasteiger partial charge in [0.25, 0.3) is 0 Å². The summed E-state index contributed by atoms with van der Waals surface area (Å²) in [5, 5.41) is 15.7. The zero-order valence-corrected chi connectivity index (χ0v) is 25.5. The van der Waals surface area contributed by atoms with Crippen LogP contribution in [0.4, 0.5) is 10.5 Å². The third kappa shape index (κ3) is 4.82. The van der Waals surface area contributed by atoms with E-state index in [9.17, 15) is 24.3 Å². The van der Waals surface area contributed by atoms with Crippen LogP contribution in [0.5, 0.6) is 5.75 Å². The van der Waals surface area contributed by atoms with E-state index in [1.54, 1.807) is 30.3 Å². The minimum atomic E-state index is -1.72. The summed E-state index contributed by atoms with van der Waals surface area (Å²) in [5.74, 6) is 2.41. The number of morpholine rings is 1. The van der Waals surface area contributed by atoms with Crippen LogP contribution in [0.25, 0.3) is 0 Å². The second-order valence-electron chi connectivity index (χ2n) is 12.0. The molecular formula is C37H31N5O6. The number of nitrogens with zero attached hydrogens (tertiary/aromatic N) is 1. The smallest absolute Gasteiger partial charge is 0.324 e. The zero-order valence-electron chi connectivity index (χ0n) is 25.5. The van der Waals surface area contributed by atoms with Crippen molar-refractivity contribution >= 4 is 29.5 Å². The lowest BCUT2D eigenvalue weighted by Gasteiger charge is -2.46. The second kappa shape index (κ2) is 11.9. The highest BCUT2D eigenvalue weighted by Gasteiger charge is 2.73. The summed E-state index contributed by atoms with van der Waals surface area (Å²) in [5.41, 5.74) is 13.2. The van der Waals surface area contributed by atoms with E-state index >= 15 is 0 Å². The molecule has 48 heavy (non-hydrogen) atoms. The SMILES string of the molecule is NC(=O)NCC#Cc1ccc2c(c1)[C@]1(C(=O)N2)[C@H](c2ccc(O)cc2)N2[C@H](c3ccccc3)[C@H](c3ccccc3)OC(=O)[C@H]2[C@@H]1C(N)=O. The molecule has 6 atom stereocenters. The largest absolute Gasteiger partial charge is 0.508 e. The van der Waals surface area contributed by atoms with E-state index in [1.807, 2.05) is 65.6 Å². The van der Waals surface area contributed by atoms with Crippen LogP contribution in [0, 0.1) is 17.8 Å². The van der Waals surface area contributed by atoms with E-state index < -0.39 is 59.4 Å². The van der Waals surface area contributed by atoms with Crippen molar-refractivity contribution in [3.63, 3.8) is 0 Å². The molecule has 3 aliphatic rings. The summed E-state index contributed by atoms with van der Waals surface area (Å²) < 4.78 is 6.24. The number of carbonyl (C=O) groups is 4. The van der Waals surface area contributed by atoms with Crippen molar-refractivity contribution in [1.29, 1.82) is 0 Å². The Morgan fingerprint density at radius 1 is 0.875 bits per heavy atom. The first-order valence-electron chi connectivity index (χ1n) is 15.4. The predicted molar refractivity (Wildman–Crippen MR) is 175 cm³/mol. The van der Waals surface area contributed by atoms with Crippen molar-refractivity contribution in [2.45, 2.75) is 29.6 Å². The number of ether oxygens (including phenoxy) is 1. The lowest BCUT2D eigenvalue weighted by atomic mass is 9.65. The van der Waals surface area contributed by atoms with Crippen LogP contribution < -0.4 is 22.1 Å². The lowest BCUT2D eigenvalue weighted by molar-refractivity contribution is -0.178.